The number of carbonyl (C=O) groups excluding carboxylic acids is 1. The van der Waals surface area contributed by atoms with Crippen LogP contribution in [0.4, 0.5) is 0 Å². The van der Waals surface area contributed by atoms with Crippen LogP contribution in [-0.4, -0.2) is 44.7 Å². The maximum atomic E-state index is 11.8. The molecule has 0 saturated carbocycles. The molecule has 0 aromatic heterocycles. The van der Waals surface area contributed by atoms with Gasteiger partial charge in [-0.05, 0) is 32.3 Å². The number of aliphatic hydroxyl groups excluding tert-OH is 1. The van der Waals surface area contributed by atoms with Gasteiger partial charge in [0.1, 0.15) is 6.10 Å². The van der Waals surface area contributed by atoms with Crippen molar-refractivity contribution < 1.29 is 24.9 Å². The lowest BCUT2D eigenvalue weighted by atomic mass is 9.82. The number of fused-ring (bicyclic) bond motifs is 2. The van der Waals surface area contributed by atoms with Crippen LogP contribution < -0.4 is 0 Å². The summed E-state index contributed by atoms with van der Waals surface area (Å²) in [5.41, 5.74) is -1.42. The second kappa shape index (κ2) is 4.06. The predicted octanol–water partition coefficient (Wildman–Crippen LogP) is 0.521. The number of ether oxygens (including phenoxy) is 1. The average Bonchev–Trinajstić information content (AvgIpc) is 2.66. The van der Waals surface area contributed by atoms with E-state index < -0.39 is 23.4 Å². The lowest BCUT2D eigenvalue weighted by Crippen LogP contribution is -2.34. The van der Waals surface area contributed by atoms with Gasteiger partial charge in [0.2, 0.25) is 0 Å². The second-order valence-corrected chi connectivity index (χ2v) is 6.94. The Labute approximate surface area is 118 Å². The van der Waals surface area contributed by atoms with E-state index in [0.29, 0.717) is 24.0 Å². The van der Waals surface area contributed by atoms with Crippen molar-refractivity contribution in [1.29, 1.82) is 0 Å². The highest BCUT2D eigenvalue weighted by atomic mass is 16.6. The van der Waals surface area contributed by atoms with Gasteiger partial charge in [-0.25, -0.2) is 0 Å². The van der Waals surface area contributed by atoms with Crippen molar-refractivity contribution in [1.82, 2.24) is 0 Å². The quantitative estimate of drug-likeness (QED) is 0.445. The van der Waals surface area contributed by atoms with Crippen LogP contribution in [0.5, 0.6) is 0 Å². The molecule has 0 radical (unpaired) electrons. The number of carbonyl (C=O) groups is 1. The standard InChI is InChI=1S/C15H22O5/c1-7-8-4-5-14(2,18)10-9(16)6-15(3,19)11(10)12(8)20-13(7)17/h7-9,12,16,18-19H,4-6H2,1-3H3/t7-,8-,9-,12-,14-,15+/m0/s1. The van der Waals surface area contributed by atoms with Gasteiger partial charge in [0.15, 0.2) is 0 Å². The maximum Gasteiger partial charge on any atom is 0.309 e. The van der Waals surface area contributed by atoms with Crippen molar-refractivity contribution in [3.05, 3.63) is 11.1 Å². The lowest BCUT2D eigenvalue weighted by molar-refractivity contribution is -0.143. The zero-order chi connectivity index (χ0) is 14.9. The van der Waals surface area contributed by atoms with Crippen molar-refractivity contribution in [2.45, 2.75) is 63.4 Å². The van der Waals surface area contributed by atoms with E-state index in [-0.39, 0.29) is 24.2 Å². The van der Waals surface area contributed by atoms with Crippen molar-refractivity contribution in [2.75, 3.05) is 0 Å². The van der Waals surface area contributed by atoms with Crippen molar-refractivity contribution in [3.63, 3.8) is 0 Å². The van der Waals surface area contributed by atoms with E-state index >= 15 is 0 Å². The summed E-state index contributed by atoms with van der Waals surface area (Å²) in [6.45, 7) is 5.11. The predicted molar refractivity (Wildman–Crippen MR) is 70.7 cm³/mol. The first kappa shape index (κ1) is 14.0. The zero-order valence-corrected chi connectivity index (χ0v) is 12.1. The first-order valence-electron chi connectivity index (χ1n) is 7.23. The number of esters is 1. The Bertz CT molecular complexity index is 490. The molecular weight excluding hydrogens is 260 g/mol. The van der Waals surface area contributed by atoms with Gasteiger partial charge < -0.3 is 20.1 Å². The summed E-state index contributed by atoms with van der Waals surface area (Å²) in [6, 6.07) is 0. The van der Waals surface area contributed by atoms with Gasteiger partial charge in [0.05, 0.1) is 23.2 Å². The number of hydrogen-bond acceptors (Lipinski definition) is 5. The number of hydrogen-bond donors (Lipinski definition) is 3. The molecule has 20 heavy (non-hydrogen) atoms. The first-order chi connectivity index (χ1) is 9.15. The van der Waals surface area contributed by atoms with Crippen LogP contribution in [0.15, 0.2) is 11.1 Å². The molecule has 1 aliphatic heterocycles. The van der Waals surface area contributed by atoms with E-state index in [2.05, 4.69) is 0 Å². The molecule has 5 nitrogen and oxygen atoms in total. The monoisotopic (exact) mass is 282 g/mol. The van der Waals surface area contributed by atoms with Gasteiger partial charge in [-0.3, -0.25) is 4.79 Å². The van der Waals surface area contributed by atoms with E-state index in [1.807, 2.05) is 6.92 Å². The summed E-state index contributed by atoms with van der Waals surface area (Å²) >= 11 is 0. The summed E-state index contributed by atoms with van der Waals surface area (Å²) in [4.78, 5) is 11.8. The Morgan fingerprint density at radius 1 is 1.20 bits per heavy atom. The highest BCUT2D eigenvalue weighted by molar-refractivity contribution is 5.76. The molecule has 3 aliphatic rings. The fraction of sp³-hybridized carbons (Fsp3) is 0.800. The van der Waals surface area contributed by atoms with E-state index in [1.165, 1.54) is 0 Å². The third-order valence-electron chi connectivity index (χ3n) is 5.27. The average molecular weight is 282 g/mol. The molecule has 3 N–H and O–H groups in total. The Morgan fingerprint density at radius 2 is 1.85 bits per heavy atom. The van der Waals surface area contributed by atoms with Gasteiger partial charge in [0.25, 0.3) is 0 Å². The molecule has 1 fully saturated rings. The van der Waals surface area contributed by atoms with Crippen LogP contribution in [0.25, 0.3) is 0 Å². The van der Waals surface area contributed by atoms with Crippen LogP contribution in [0, 0.1) is 11.8 Å². The molecule has 0 amide bonds. The van der Waals surface area contributed by atoms with Crippen molar-refractivity contribution in [2.24, 2.45) is 11.8 Å². The molecular formula is C15H22O5. The van der Waals surface area contributed by atoms with Crippen molar-refractivity contribution >= 4 is 5.97 Å². The Hall–Kier alpha value is -0.910. The van der Waals surface area contributed by atoms with Gasteiger partial charge in [-0.1, -0.05) is 6.92 Å². The molecule has 0 aromatic carbocycles. The molecule has 0 spiro atoms. The molecule has 2 aliphatic carbocycles. The molecule has 5 heteroatoms. The smallest absolute Gasteiger partial charge is 0.309 e. The molecule has 0 unspecified atom stereocenters. The SMILES string of the molecule is C[C@@H]1C(=O)O[C@@H]2C3=C([C@@H](O)C[C@@]3(C)O)[C@@](C)(O)CC[C@@H]12. The normalized spacial score (nSPS) is 51.6. The number of aliphatic hydroxyl groups is 3. The summed E-state index contributed by atoms with van der Waals surface area (Å²) in [5.74, 6) is -0.542. The molecule has 1 heterocycles. The minimum absolute atomic E-state index is 0.0433. The van der Waals surface area contributed by atoms with Gasteiger partial charge in [-0.15, -0.1) is 0 Å². The fourth-order valence-corrected chi connectivity index (χ4v) is 4.18. The van der Waals surface area contributed by atoms with Crippen LogP contribution >= 0.6 is 0 Å². The van der Waals surface area contributed by atoms with Gasteiger partial charge >= 0.3 is 5.97 Å². The summed E-state index contributed by atoms with van der Waals surface area (Å²) in [7, 11) is 0. The third-order valence-corrected chi connectivity index (χ3v) is 5.27. The maximum absolute atomic E-state index is 11.8. The van der Waals surface area contributed by atoms with E-state index in [1.54, 1.807) is 13.8 Å². The number of rotatable bonds is 0. The van der Waals surface area contributed by atoms with E-state index in [0.717, 1.165) is 0 Å². The highest BCUT2D eigenvalue weighted by Crippen LogP contribution is 2.52. The Morgan fingerprint density at radius 3 is 2.50 bits per heavy atom. The summed E-state index contributed by atoms with van der Waals surface area (Å²) < 4.78 is 5.47. The van der Waals surface area contributed by atoms with E-state index in [9.17, 15) is 20.1 Å². The van der Waals surface area contributed by atoms with Gasteiger partial charge in [0, 0.05) is 17.9 Å². The third kappa shape index (κ3) is 1.76. The topological polar surface area (TPSA) is 87.0 Å². The zero-order valence-electron chi connectivity index (χ0n) is 12.1. The summed E-state index contributed by atoms with van der Waals surface area (Å²) in [6.07, 6.45) is -0.165. The lowest BCUT2D eigenvalue weighted by Gasteiger charge is -2.28. The van der Waals surface area contributed by atoms with Gasteiger partial charge in [-0.2, -0.15) is 0 Å². The molecule has 0 bridgehead atoms. The Kier molecular flexibility index (Phi) is 2.85. The van der Waals surface area contributed by atoms with Crippen LogP contribution in [-0.2, 0) is 9.53 Å². The molecule has 3 rings (SSSR count). The van der Waals surface area contributed by atoms with Crippen LogP contribution in [0.1, 0.15) is 40.0 Å². The summed E-state index contributed by atoms with van der Waals surface area (Å²) in [5, 5.41) is 31.5. The van der Waals surface area contributed by atoms with E-state index in [4.69, 9.17) is 4.74 Å². The van der Waals surface area contributed by atoms with Crippen LogP contribution in [0.2, 0.25) is 0 Å². The molecule has 112 valence electrons. The van der Waals surface area contributed by atoms with Crippen LogP contribution in [0.3, 0.4) is 0 Å². The second-order valence-electron chi connectivity index (χ2n) is 6.94. The first-order valence-corrected chi connectivity index (χ1v) is 7.23. The minimum atomic E-state index is -1.24. The molecule has 0 aromatic rings. The highest BCUT2D eigenvalue weighted by Gasteiger charge is 2.57. The van der Waals surface area contributed by atoms with Crippen molar-refractivity contribution in [3.8, 4) is 0 Å². The minimum Gasteiger partial charge on any atom is -0.457 e. The fourth-order valence-electron chi connectivity index (χ4n) is 4.18. The largest absolute Gasteiger partial charge is 0.457 e. The molecule has 6 atom stereocenters. The Balaban J connectivity index is 2.16. The molecule has 1 saturated heterocycles.